The molecule has 2 aromatic rings. The van der Waals surface area contributed by atoms with Crippen molar-refractivity contribution in [3.63, 3.8) is 0 Å². The van der Waals surface area contributed by atoms with Gasteiger partial charge in [0.25, 0.3) is 0 Å². The zero-order valence-corrected chi connectivity index (χ0v) is 17.7. The Kier molecular flexibility index (Phi) is 6.00. The van der Waals surface area contributed by atoms with Gasteiger partial charge in [-0.1, -0.05) is 31.9 Å². The third-order valence-electron chi connectivity index (χ3n) is 6.06. The van der Waals surface area contributed by atoms with Crippen LogP contribution in [0.3, 0.4) is 0 Å². The van der Waals surface area contributed by atoms with Gasteiger partial charge in [0.05, 0.1) is 30.1 Å². The largest absolute Gasteiger partial charge is 0.498 e. The molecule has 0 N–H and O–H groups in total. The number of rotatable bonds is 7. The molecule has 31 heavy (non-hydrogen) atoms. The van der Waals surface area contributed by atoms with E-state index in [1.165, 1.54) is 24.3 Å². The molecule has 2 nitrogen and oxygen atoms in total. The predicted octanol–water partition coefficient (Wildman–Crippen LogP) is 7.45. The lowest BCUT2D eigenvalue weighted by Gasteiger charge is -2.25. The van der Waals surface area contributed by atoms with Crippen molar-refractivity contribution in [2.75, 3.05) is 13.2 Å². The van der Waals surface area contributed by atoms with Gasteiger partial charge in [0, 0.05) is 12.3 Å². The second-order valence-electron chi connectivity index (χ2n) is 8.07. The maximum Gasteiger partial charge on any atom is 0.305 e. The molecule has 1 aliphatic heterocycles. The van der Waals surface area contributed by atoms with Crippen molar-refractivity contribution in [1.29, 1.82) is 0 Å². The second-order valence-corrected chi connectivity index (χ2v) is 8.07. The highest BCUT2D eigenvalue weighted by atomic mass is 19.3. The fourth-order valence-corrected chi connectivity index (χ4v) is 4.47. The lowest BCUT2D eigenvalue weighted by Crippen LogP contribution is -2.19. The maximum atomic E-state index is 15.4. The van der Waals surface area contributed by atoms with Crippen LogP contribution >= 0.6 is 0 Å². The first-order valence-electron chi connectivity index (χ1n) is 10.9. The predicted molar refractivity (Wildman–Crippen MR) is 111 cm³/mol. The lowest BCUT2D eigenvalue weighted by atomic mass is 9.90. The Hall–Kier alpha value is -2.50. The number of benzene rings is 2. The SMILES string of the molecule is CCCCCC1=CCC(c2ccc3c(c2F)C(F)(F)c2c-3ccc(OCC)c2F)CO1. The van der Waals surface area contributed by atoms with Crippen molar-refractivity contribution in [3.05, 3.63) is 64.4 Å². The minimum Gasteiger partial charge on any atom is -0.498 e. The van der Waals surface area contributed by atoms with Gasteiger partial charge in [-0.2, -0.15) is 8.78 Å². The molecule has 0 saturated heterocycles. The van der Waals surface area contributed by atoms with Crippen LogP contribution in [0.4, 0.5) is 17.6 Å². The van der Waals surface area contributed by atoms with E-state index in [0.717, 1.165) is 31.4 Å². The van der Waals surface area contributed by atoms with Crippen LogP contribution in [0.25, 0.3) is 11.1 Å². The number of allylic oxidation sites excluding steroid dienone is 2. The molecule has 1 atom stereocenters. The summed E-state index contributed by atoms with van der Waals surface area (Å²) in [6.07, 6.45) is 6.54. The van der Waals surface area contributed by atoms with E-state index in [2.05, 4.69) is 6.92 Å². The number of hydrogen-bond acceptors (Lipinski definition) is 2. The average Bonchev–Trinajstić information content (AvgIpc) is 2.99. The van der Waals surface area contributed by atoms with Gasteiger partial charge in [-0.3, -0.25) is 0 Å². The van der Waals surface area contributed by atoms with Gasteiger partial charge < -0.3 is 9.47 Å². The highest BCUT2D eigenvalue weighted by Gasteiger charge is 2.50. The molecule has 0 amide bonds. The first-order valence-corrected chi connectivity index (χ1v) is 10.9. The van der Waals surface area contributed by atoms with Crippen molar-refractivity contribution in [2.24, 2.45) is 0 Å². The normalized spacial score (nSPS) is 18.8. The lowest BCUT2D eigenvalue weighted by molar-refractivity contribution is 0.0395. The smallest absolute Gasteiger partial charge is 0.305 e. The summed E-state index contributed by atoms with van der Waals surface area (Å²) < 4.78 is 71.7. The zero-order chi connectivity index (χ0) is 22.2. The van der Waals surface area contributed by atoms with Crippen molar-refractivity contribution < 1.29 is 27.0 Å². The molecule has 0 fully saturated rings. The fourth-order valence-electron chi connectivity index (χ4n) is 4.47. The Labute approximate surface area is 179 Å². The molecule has 0 aromatic heterocycles. The summed E-state index contributed by atoms with van der Waals surface area (Å²) in [5, 5.41) is 0. The monoisotopic (exact) mass is 434 g/mol. The quantitative estimate of drug-likeness (QED) is 0.333. The minimum atomic E-state index is -3.78. The maximum absolute atomic E-state index is 15.4. The van der Waals surface area contributed by atoms with E-state index >= 15 is 13.2 Å². The standard InChI is InChI=1S/C25H26F4O2/c1-3-5-6-7-16-9-8-15(14-31-16)17-10-11-18-19-12-13-20(30-4-2)24(27)22(19)25(28,29)21(18)23(17)26/h9-13,15H,3-8,14H2,1-2H3. The van der Waals surface area contributed by atoms with Gasteiger partial charge in [-0.25, -0.2) is 8.78 Å². The Morgan fingerprint density at radius 2 is 1.71 bits per heavy atom. The molecule has 4 rings (SSSR count). The van der Waals surface area contributed by atoms with Crippen LogP contribution in [0.2, 0.25) is 0 Å². The molecule has 0 saturated carbocycles. The van der Waals surface area contributed by atoms with Crippen molar-refractivity contribution in [1.82, 2.24) is 0 Å². The van der Waals surface area contributed by atoms with Gasteiger partial charge >= 0.3 is 5.92 Å². The number of ether oxygens (including phenoxy) is 2. The van der Waals surface area contributed by atoms with E-state index in [1.54, 1.807) is 6.92 Å². The fraction of sp³-hybridized carbons (Fsp3) is 0.440. The van der Waals surface area contributed by atoms with Crippen LogP contribution in [0.5, 0.6) is 5.75 Å². The van der Waals surface area contributed by atoms with Crippen molar-refractivity contribution >= 4 is 0 Å². The van der Waals surface area contributed by atoms with Gasteiger partial charge in [0.15, 0.2) is 11.6 Å². The number of halogens is 4. The Morgan fingerprint density at radius 1 is 1.00 bits per heavy atom. The minimum absolute atomic E-state index is 0.00408. The third-order valence-corrected chi connectivity index (χ3v) is 6.06. The first kappa shape index (κ1) is 21.7. The van der Waals surface area contributed by atoms with Gasteiger partial charge in [0.2, 0.25) is 0 Å². The molecule has 166 valence electrons. The number of fused-ring (bicyclic) bond motifs is 3. The zero-order valence-electron chi connectivity index (χ0n) is 17.7. The molecule has 0 bridgehead atoms. The second kappa shape index (κ2) is 8.56. The topological polar surface area (TPSA) is 18.5 Å². The Balaban J connectivity index is 1.66. The molecule has 0 spiro atoms. The molecule has 1 aliphatic carbocycles. The molecule has 6 heteroatoms. The van der Waals surface area contributed by atoms with Crippen LogP contribution in [0.1, 0.15) is 68.6 Å². The highest BCUT2D eigenvalue weighted by molar-refractivity contribution is 5.81. The Morgan fingerprint density at radius 3 is 2.35 bits per heavy atom. The van der Waals surface area contributed by atoms with E-state index in [9.17, 15) is 4.39 Å². The molecule has 1 heterocycles. The summed E-state index contributed by atoms with van der Waals surface area (Å²) >= 11 is 0. The van der Waals surface area contributed by atoms with Gasteiger partial charge in [0.1, 0.15) is 5.82 Å². The molecule has 1 unspecified atom stereocenters. The summed E-state index contributed by atoms with van der Waals surface area (Å²) in [5.74, 6) is -5.62. The molecular formula is C25H26F4O2. The highest BCUT2D eigenvalue weighted by Crippen LogP contribution is 2.55. The average molecular weight is 434 g/mol. The van der Waals surface area contributed by atoms with Crippen LogP contribution in [0, 0.1) is 11.6 Å². The van der Waals surface area contributed by atoms with E-state index in [1.807, 2.05) is 6.08 Å². The molecular weight excluding hydrogens is 408 g/mol. The number of hydrogen-bond donors (Lipinski definition) is 0. The van der Waals surface area contributed by atoms with E-state index < -0.39 is 28.7 Å². The van der Waals surface area contributed by atoms with Crippen LogP contribution in [0.15, 0.2) is 36.1 Å². The summed E-state index contributed by atoms with van der Waals surface area (Å²) in [4.78, 5) is 0. The summed E-state index contributed by atoms with van der Waals surface area (Å²) in [7, 11) is 0. The first-order chi connectivity index (χ1) is 14.9. The van der Waals surface area contributed by atoms with Crippen molar-refractivity contribution in [2.45, 2.75) is 57.8 Å². The number of unbranched alkanes of at least 4 members (excludes halogenated alkanes) is 2. The summed E-state index contributed by atoms with van der Waals surface area (Å²) in [6.45, 7) is 4.15. The van der Waals surface area contributed by atoms with Crippen LogP contribution in [-0.2, 0) is 10.7 Å². The molecule has 0 radical (unpaired) electrons. The van der Waals surface area contributed by atoms with E-state index in [0.29, 0.717) is 6.42 Å². The van der Waals surface area contributed by atoms with E-state index in [-0.39, 0.29) is 41.6 Å². The van der Waals surface area contributed by atoms with Gasteiger partial charge in [-0.15, -0.1) is 0 Å². The summed E-state index contributed by atoms with van der Waals surface area (Å²) in [5.41, 5.74) is -1.37. The summed E-state index contributed by atoms with van der Waals surface area (Å²) in [6, 6.07) is 5.68. The van der Waals surface area contributed by atoms with Crippen LogP contribution in [-0.4, -0.2) is 13.2 Å². The Bertz CT molecular complexity index is 1010. The van der Waals surface area contributed by atoms with Crippen molar-refractivity contribution in [3.8, 4) is 16.9 Å². The van der Waals surface area contributed by atoms with Gasteiger partial charge in [-0.05, 0) is 54.7 Å². The molecule has 2 aromatic carbocycles. The third kappa shape index (κ3) is 3.70. The van der Waals surface area contributed by atoms with E-state index in [4.69, 9.17) is 9.47 Å². The number of alkyl halides is 2. The molecule has 2 aliphatic rings. The van der Waals surface area contributed by atoms with Crippen LogP contribution < -0.4 is 4.74 Å².